The highest BCUT2D eigenvalue weighted by molar-refractivity contribution is 7.91. The second-order valence-electron chi connectivity index (χ2n) is 6.74. The Kier molecular flexibility index (Phi) is 5.76. The van der Waals surface area contributed by atoms with Crippen molar-refractivity contribution in [2.45, 2.75) is 44.2 Å². The first-order chi connectivity index (χ1) is 11.9. The quantitative estimate of drug-likeness (QED) is 0.717. The van der Waals surface area contributed by atoms with Gasteiger partial charge in [-0.2, -0.15) is 0 Å². The smallest absolute Gasteiger partial charge is 0.247 e. The zero-order valence-corrected chi connectivity index (χ0v) is 16.2. The largest absolute Gasteiger partial charge is 0.332 e. The van der Waals surface area contributed by atoms with E-state index in [0.29, 0.717) is 22.0 Å². The summed E-state index contributed by atoms with van der Waals surface area (Å²) in [5.74, 6) is 0.0870. The third kappa shape index (κ3) is 4.57. The van der Waals surface area contributed by atoms with E-state index in [0.717, 1.165) is 25.7 Å². The highest BCUT2D eigenvalue weighted by Crippen LogP contribution is 2.30. The molecule has 1 amide bonds. The van der Waals surface area contributed by atoms with E-state index in [2.05, 4.69) is 0 Å². The summed E-state index contributed by atoms with van der Waals surface area (Å²) in [5.41, 5.74) is 0.674. The molecule has 136 valence electrons. The lowest BCUT2D eigenvalue weighted by Crippen LogP contribution is -2.46. The normalized spacial score (nSPS) is 23.4. The molecule has 3 rings (SSSR count). The molecule has 7 heteroatoms. The van der Waals surface area contributed by atoms with E-state index in [1.165, 1.54) is 6.08 Å². The van der Waals surface area contributed by atoms with E-state index >= 15 is 0 Å². The summed E-state index contributed by atoms with van der Waals surface area (Å²) in [5, 5.41) is 1.07. The number of amides is 1. The highest BCUT2D eigenvalue weighted by atomic mass is 35.5. The van der Waals surface area contributed by atoms with Crippen molar-refractivity contribution in [1.82, 2.24) is 4.90 Å². The van der Waals surface area contributed by atoms with Gasteiger partial charge in [0.05, 0.1) is 11.5 Å². The van der Waals surface area contributed by atoms with Crippen molar-refractivity contribution in [3.8, 4) is 0 Å². The van der Waals surface area contributed by atoms with Crippen LogP contribution < -0.4 is 0 Å². The van der Waals surface area contributed by atoms with E-state index < -0.39 is 9.84 Å². The number of carbonyl (C=O) groups excluding carboxylic acids is 1. The van der Waals surface area contributed by atoms with Crippen LogP contribution in [-0.4, -0.2) is 42.8 Å². The number of benzene rings is 1. The van der Waals surface area contributed by atoms with Crippen LogP contribution in [-0.2, 0) is 14.6 Å². The SMILES string of the molecule is O=C(/C=C/c1cc(Cl)ccc1Cl)N(C1CCCC1)[C@H]1CCS(=O)(=O)C1. The molecule has 1 aliphatic heterocycles. The van der Waals surface area contributed by atoms with Gasteiger partial charge in [0.1, 0.15) is 0 Å². The molecule has 1 saturated heterocycles. The molecular formula is C18H21Cl2NO3S. The highest BCUT2D eigenvalue weighted by Gasteiger charge is 2.38. The summed E-state index contributed by atoms with van der Waals surface area (Å²) in [6.07, 6.45) is 7.71. The molecule has 0 unspecified atom stereocenters. The van der Waals surface area contributed by atoms with Crippen LogP contribution in [0.25, 0.3) is 6.08 Å². The summed E-state index contributed by atoms with van der Waals surface area (Å²) in [6.45, 7) is 0. The van der Waals surface area contributed by atoms with Crippen molar-refractivity contribution in [3.05, 3.63) is 39.9 Å². The molecule has 1 atom stereocenters. The van der Waals surface area contributed by atoms with Crippen molar-refractivity contribution in [1.29, 1.82) is 0 Å². The first-order valence-electron chi connectivity index (χ1n) is 8.51. The molecule has 1 aromatic rings. The van der Waals surface area contributed by atoms with Crippen LogP contribution in [0, 0.1) is 0 Å². The first-order valence-corrected chi connectivity index (χ1v) is 11.1. The minimum atomic E-state index is -3.04. The Morgan fingerprint density at radius 2 is 1.84 bits per heavy atom. The minimum Gasteiger partial charge on any atom is -0.332 e. The summed E-state index contributed by atoms with van der Waals surface area (Å²) >= 11 is 12.1. The number of halogens is 2. The Morgan fingerprint density at radius 3 is 2.48 bits per heavy atom. The van der Waals surface area contributed by atoms with Gasteiger partial charge in [-0.25, -0.2) is 8.42 Å². The molecule has 1 aliphatic carbocycles. The van der Waals surface area contributed by atoms with Crippen LogP contribution in [0.2, 0.25) is 10.0 Å². The molecule has 2 aliphatic rings. The summed E-state index contributed by atoms with van der Waals surface area (Å²) < 4.78 is 23.7. The van der Waals surface area contributed by atoms with Gasteiger partial charge in [-0.1, -0.05) is 36.0 Å². The standard InChI is InChI=1S/C18H21Cl2NO3S/c19-14-6-7-17(20)13(11-14)5-8-18(22)21(15-3-1-2-4-15)16-9-10-25(23,24)12-16/h5-8,11,15-16H,1-4,9-10,12H2/b8-5+/t16-/m0/s1. The Hall–Kier alpha value is -1.04. The second kappa shape index (κ2) is 7.68. The van der Waals surface area contributed by atoms with Crippen LogP contribution in [0.3, 0.4) is 0 Å². The molecule has 2 fully saturated rings. The maximum Gasteiger partial charge on any atom is 0.247 e. The average molecular weight is 402 g/mol. The van der Waals surface area contributed by atoms with Crippen molar-refractivity contribution in [2.75, 3.05) is 11.5 Å². The summed E-state index contributed by atoms with van der Waals surface area (Å²) in [4.78, 5) is 14.7. The van der Waals surface area contributed by atoms with Gasteiger partial charge in [0.15, 0.2) is 9.84 Å². The zero-order valence-electron chi connectivity index (χ0n) is 13.8. The molecule has 0 N–H and O–H groups in total. The van der Waals surface area contributed by atoms with E-state index in [-0.39, 0.29) is 29.5 Å². The molecular weight excluding hydrogens is 381 g/mol. The van der Waals surface area contributed by atoms with Gasteiger partial charge in [-0.3, -0.25) is 4.79 Å². The predicted octanol–water partition coefficient (Wildman–Crippen LogP) is 3.96. The van der Waals surface area contributed by atoms with Crippen molar-refractivity contribution in [3.63, 3.8) is 0 Å². The Morgan fingerprint density at radius 1 is 1.12 bits per heavy atom. The number of carbonyl (C=O) groups is 1. The van der Waals surface area contributed by atoms with E-state index in [1.807, 2.05) is 0 Å². The Bertz CT molecular complexity index is 786. The van der Waals surface area contributed by atoms with Gasteiger partial charge in [0, 0.05) is 28.2 Å². The lowest BCUT2D eigenvalue weighted by Gasteiger charge is -2.33. The van der Waals surface area contributed by atoms with E-state index in [1.54, 1.807) is 29.2 Å². The van der Waals surface area contributed by atoms with Crippen molar-refractivity contribution >= 4 is 45.0 Å². The van der Waals surface area contributed by atoms with E-state index in [9.17, 15) is 13.2 Å². The van der Waals surface area contributed by atoms with Crippen LogP contribution in [0.5, 0.6) is 0 Å². The van der Waals surface area contributed by atoms with Gasteiger partial charge < -0.3 is 4.90 Å². The molecule has 0 aromatic heterocycles. The monoisotopic (exact) mass is 401 g/mol. The third-order valence-electron chi connectivity index (χ3n) is 4.94. The number of hydrogen-bond acceptors (Lipinski definition) is 3. The fourth-order valence-corrected chi connectivity index (χ4v) is 5.80. The third-order valence-corrected chi connectivity index (χ3v) is 7.27. The van der Waals surface area contributed by atoms with Gasteiger partial charge in [0.25, 0.3) is 0 Å². The van der Waals surface area contributed by atoms with Crippen molar-refractivity contribution in [2.24, 2.45) is 0 Å². The summed E-state index contributed by atoms with van der Waals surface area (Å²) in [6, 6.07) is 4.99. The van der Waals surface area contributed by atoms with Crippen LogP contribution in [0.15, 0.2) is 24.3 Å². The van der Waals surface area contributed by atoms with Gasteiger partial charge >= 0.3 is 0 Å². The fourth-order valence-electron chi connectivity index (χ4n) is 3.72. The lowest BCUT2D eigenvalue weighted by atomic mass is 10.1. The second-order valence-corrected chi connectivity index (χ2v) is 9.81. The maximum absolute atomic E-state index is 12.9. The first kappa shape index (κ1) is 18.7. The molecule has 4 nitrogen and oxygen atoms in total. The summed E-state index contributed by atoms with van der Waals surface area (Å²) in [7, 11) is -3.04. The Labute approximate surface area is 158 Å². The molecule has 0 bridgehead atoms. The zero-order chi connectivity index (χ0) is 18.0. The molecule has 0 radical (unpaired) electrons. The molecule has 1 aromatic carbocycles. The van der Waals surface area contributed by atoms with Crippen LogP contribution in [0.1, 0.15) is 37.7 Å². The topological polar surface area (TPSA) is 54.5 Å². The fraction of sp³-hybridized carbons (Fsp3) is 0.500. The van der Waals surface area contributed by atoms with Crippen LogP contribution >= 0.6 is 23.2 Å². The molecule has 1 saturated carbocycles. The van der Waals surface area contributed by atoms with E-state index in [4.69, 9.17) is 23.2 Å². The average Bonchev–Trinajstić information content (AvgIpc) is 3.19. The molecule has 25 heavy (non-hydrogen) atoms. The number of sulfone groups is 1. The number of nitrogens with zero attached hydrogens (tertiary/aromatic N) is 1. The van der Waals surface area contributed by atoms with Crippen LogP contribution in [0.4, 0.5) is 0 Å². The minimum absolute atomic E-state index is 0.0704. The van der Waals surface area contributed by atoms with Gasteiger partial charge in [-0.15, -0.1) is 0 Å². The van der Waals surface area contributed by atoms with Crippen molar-refractivity contribution < 1.29 is 13.2 Å². The maximum atomic E-state index is 12.9. The Balaban J connectivity index is 1.81. The number of hydrogen-bond donors (Lipinski definition) is 0. The lowest BCUT2D eigenvalue weighted by molar-refractivity contribution is -0.130. The number of rotatable bonds is 4. The molecule has 1 heterocycles. The predicted molar refractivity (Wildman–Crippen MR) is 102 cm³/mol. The molecule has 0 spiro atoms. The van der Waals surface area contributed by atoms with Gasteiger partial charge in [0.2, 0.25) is 5.91 Å². The van der Waals surface area contributed by atoms with Gasteiger partial charge in [-0.05, 0) is 49.1 Å².